The molecule has 6 heteroatoms. The maximum absolute atomic E-state index is 11.2. The Morgan fingerprint density at radius 1 is 1.47 bits per heavy atom. The first-order valence-corrected chi connectivity index (χ1v) is 7.30. The van der Waals surface area contributed by atoms with Crippen LogP contribution in [-0.2, 0) is 0 Å². The molecular weight excluding hydrogens is 260 g/mol. The van der Waals surface area contributed by atoms with Gasteiger partial charge >= 0.3 is 6.03 Å². The van der Waals surface area contributed by atoms with E-state index >= 15 is 0 Å². The number of nitrogens with zero attached hydrogens (tertiary/aromatic N) is 3. The standard InChI is InChI=1S/C13H18N4OS/c1-2-7-16(13(14)18)9-10-19-12-5-3-4-11-15-6-8-17(11)12/h3-6,8H,2,7,9-10H2,1H3,(H2,14,18). The zero-order valence-corrected chi connectivity index (χ0v) is 11.8. The fourth-order valence-corrected chi connectivity index (χ4v) is 2.89. The van der Waals surface area contributed by atoms with Crippen LogP contribution in [0.4, 0.5) is 4.79 Å². The molecule has 0 radical (unpaired) electrons. The van der Waals surface area contributed by atoms with Gasteiger partial charge in [0.1, 0.15) is 5.65 Å². The van der Waals surface area contributed by atoms with Gasteiger partial charge in [0.25, 0.3) is 0 Å². The van der Waals surface area contributed by atoms with E-state index in [1.54, 1.807) is 22.9 Å². The molecule has 2 aromatic heterocycles. The van der Waals surface area contributed by atoms with Crippen LogP contribution in [0.3, 0.4) is 0 Å². The number of fused-ring (bicyclic) bond motifs is 1. The van der Waals surface area contributed by atoms with Crippen molar-refractivity contribution in [3.05, 3.63) is 30.6 Å². The molecule has 2 heterocycles. The number of primary amides is 1. The highest BCUT2D eigenvalue weighted by Gasteiger charge is 2.08. The van der Waals surface area contributed by atoms with Crippen LogP contribution in [0.25, 0.3) is 5.65 Å². The second-order valence-electron chi connectivity index (χ2n) is 4.19. The summed E-state index contributed by atoms with van der Waals surface area (Å²) in [5.74, 6) is 0.820. The van der Waals surface area contributed by atoms with Crippen LogP contribution in [0.1, 0.15) is 13.3 Å². The molecule has 0 atom stereocenters. The Hall–Kier alpha value is -1.69. The predicted octanol–water partition coefficient (Wildman–Crippen LogP) is 2.22. The quantitative estimate of drug-likeness (QED) is 0.824. The Labute approximate surface area is 116 Å². The van der Waals surface area contributed by atoms with Crippen molar-refractivity contribution >= 4 is 23.4 Å². The highest BCUT2D eigenvalue weighted by molar-refractivity contribution is 7.99. The van der Waals surface area contributed by atoms with Crippen molar-refractivity contribution in [1.82, 2.24) is 14.3 Å². The summed E-state index contributed by atoms with van der Waals surface area (Å²) in [4.78, 5) is 17.2. The molecule has 0 aliphatic heterocycles. The molecular formula is C13H18N4OS. The molecule has 0 unspecified atom stereocenters. The second kappa shape index (κ2) is 6.47. The van der Waals surface area contributed by atoms with Gasteiger partial charge in [-0.25, -0.2) is 9.78 Å². The zero-order chi connectivity index (χ0) is 13.7. The van der Waals surface area contributed by atoms with Gasteiger partial charge in [-0.15, -0.1) is 11.8 Å². The fraction of sp³-hybridized carbons (Fsp3) is 0.385. The molecule has 0 aliphatic carbocycles. The lowest BCUT2D eigenvalue weighted by Crippen LogP contribution is -2.37. The summed E-state index contributed by atoms with van der Waals surface area (Å²) < 4.78 is 2.04. The summed E-state index contributed by atoms with van der Waals surface area (Å²) in [7, 11) is 0. The van der Waals surface area contributed by atoms with Crippen molar-refractivity contribution in [2.24, 2.45) is 5.73 Å². The van der Waals surface area contributed by atoms with Crippen LogP contribution in [-0.4, -0.2) is 39.2 Å². The first-order chi connectivity index (χ1) is 9.22. The highest BCUT2D eigenvalue weighted by Crippen LogP contribution is 2.19. The number of carbonyl (C=O) groups excluding carboxylic acids is 1. The number of nitrogens with two attached hydrogens (primary N) is 1. The van der Waals surface area contributed by atoms with Crippen molar-refractivity contribution in [3.63, 3.8) is 0 Å². The van der Waals surface area contributed by atoms with Crippen molar-refractivity contribution in [2.45, 2.75) is 18.4 Å². The summed E-state index contributed by atoms with van der Waals surface area (Å²) in [6.45, 7) is 3.42. The topological polar surface area (TPSA) is 63.6 Å². The van der Waals surface area contributed by atoms with Gasteiger partial charge < -0.3 is 10.6 Å². The number of carbonyl (C=O) groups is 1. The minimum absolute atomic E-state index is 0.344. The summed E-state index contributed by atoms with van der Waals surface area (Å²) in [5, 5.41) is 1.12. The maximum Gasteiger partial charge on any atom is 0.314 e. The third-order valence-corrected chi connectivity index (χ3v) is 3.82. The number of hydrogen-bond donors (Lipinski definition) is 1. The Kier molecular flexibility index (Phi) is 4.68. The Bertz CT molecular complexity index is 554. The van der Waals surface area contributed by atoms with Crippen LogP contribution in [0, 0.1) is 0 Å². The van der Waals surface area contributed by atoms with Crippen LogP contribution in [0.2, 0.25) is 0 Å². The molecule has 19 heavy (non-hydrogen) atoms. The molecule has 2 amide bonds. The molecule has 0 bridgehead atoms. The average Bonchev–Trinajstić information content (AvgIpc) is 2.86. The van der Waals surface area contributed by atoms with E-state index in [2.05, 4.69) is 4.98 Å². The molecule has 0 fully saturated rings. The summed E-state index contributed by atoms with van der Waals surface area (Å²) in [6, 6.07) is 5.66. The third-order valence-electron chi connectivity index (χ3n) is 2.81. The molecule has 0 aliphatic rings. The molecule has 0 spiro atoms. The molecule has 2 rings (SSSR count). The summed E-state index contributed by atoms with van der Waals surface area (Å²) >= 11 is 1.70. The first kappa shape index (κ1) is 13.7. The summed E-state index contributed by atoms with van der Waals surface area (Å²) in [5.41, 5.74) is 6.27. The second-order valence-corrected chi connectivity index (χ2v) is 5.31. The molecule has 0 saturated heterocycles. The number of rotatable bonds is 6. The third kappa shape index (κ3) is 3.41. The lowest BCUT2D eigenvalue weighted by Gasteiger charge is -2.19. The minimum atomic E-state index is -0.344. The molecule has 102 valence electrons. The average molecular weight is 278 g/mol. The van der Waals surface area contributed by atoms with E-state index in [9.17, 15) is 4.79 Å². The molecule has 0 saturated carbocycles. The molecule has 5 nitrogen and oxygen atoms in total. The number of urea groups is 1. The number of amides is 2. The predicted molar refractivity (Wildman–Crippen MR) is 77.4 cm³/mol. The van der Waals surface area contributed by atoms with Gasteiger partial charge in [-0.3, -0.25) is 4.40 Å². The largest absolute Gasteiger partial charge is 0.351 e. The van der Waals surface area contributed by atoms with E-state index in [1.807, 2.05) is 35.7 Å². The number of imidazole rings is 1. The fourth-order valence-electron chi connectivity index (χ4n) is 1.90. The van der Waals surface area contributed by atoms with Crippen molar-refractivity contribution in [3.8, 4) is 0 Å². The number of hydrogen-bond acceptors (Lipinski definition) is 3. The number of thioether (sulfide) groups is 1. The lowest BCUT2D eigenvalue weighted by atomic mass is 10.4. The zero-order valence-electron chi connectivity index (χ0n) is 11.0. The van der Waals surface area contributed by atoms with Gasteiger partial charge in [0, 0.05) is 31.2 Å². The van der Waals surface area contributed by atoms with Crippen molar-refractivity contribution < 1.29 is 4.79 Å². The van der Waals surface area contributed by atoms with E-state index in [0.717, 1.165) is 22.8 Å². The van der Waals surface area contributed by atoms with E-state index < -0.39 is 0 Å². The van der Waals surface area contributed by atoms with Crippen LogP contribution in [0.15, 0.2) is 35.6 Å². The Morgan fingerprint density at radius 3 is 3.05 bits per heavy atom. The van der Waals surface area contributed by atoms with Crippen LogP contribution in [0.5, 0.6) is 0 Å². The smallest absolute Gasteiger partial charge is 0.314 e. The van der Waals surface area contributed by atoms with Crippen molar-refractivity contribution in [2.75, 3.05) is 18.8 Å². The number of pyridine rings is 1. The molecule has 2 N–H and O–H groups in total. The Morgan fingerprint density at radius 2 is 2.32 bits per heavy atom. The van der Waals surface area contributed by atoms with Crippen LogP contribution >= 0.6 is 11.8 Å². The minimum Gasteiger partial charge on any atom is -0.351 e. The van der Waals surface area contributed by atoms with Gasteiger partial charge in [-0.1, -0.05) is 13.0 Å². The van der Waals surface area contributed by atoms with E-state index in [0.29, 0.717) is 13.1 Å². The summed E-state index contributed by atoms with van der Waals surface area (Å²) in [6.07, 6.45) is 4.65. The number of aromatic nitrogens is 2. The van der Waals surface area contributed by atoms with Gasteiger partial charge in [0.15, 0.2) is 0 Å². The van der Waals surface area contributed by atoms with Crippen molar-refractivity contribution in [1.29, 1.82) is 0 Å². The van der Waals surface area contributed by atoms with Gasteiger partial charge in [0.05, 0.1) is 5.03 Å². The molecule has 2 aromatic rings. The van der Waals surface area contributed by atoms with Crippen LogP contribution < -0.4 is 5.73 Å². The highest BCUT2D eigenvalue weighted by atomic mass is 32.2. The lowest BCUT2D eigenvalue weighted by molar-refractivity contribution is 0.211. The monoisotopic (exact) mass is 278 g/mol. The van der Waals surface area contributed by atoms with E-state index in [-0.39, 0.29) is 6.03 Å². The first-order valence-electron chi connectivity index (χ1n) is 6.31. The molecule has 0 aromatic carbocycles. The van der Waals surface area contributed by atoms with E-state index in [4.69, 9.17) is 5.73 Å². The van der Waals surface area contributed by atoms with Gasteiger partial charge in [-0.05, 0) is 18.6 Å². The SMILES string of the molecule is CCCN(CCSc1cccc2nccn12)C(N)=O. The van der Waals surface area contributed by atoms with Gasteiger partial charge in [-0.2, -0.15) is 0 Å². The Balaban J connectivity index is 1.95. The maximum atomic E-state index is 11.2. The van der Waals surface area contributed by atoms with E-state index in [1.165, 1.54) is 0 Å². The normalized spacial score (nSPS) is 10.8. The van der Waals surface area contributed by atoms with Gasteiger partial charge in [0.2, 0.25) is 0 Å².